The SMILES string of the molecule is CCCS(=O)(=O)c1ccccc1C(=O)N1CCCC(CNC)C1. The van der Waals surface area contributed by atoms with Crippen LogP contribution in [0.3, 0.4) is 0 Å². The van der Waals surface area contributed by atoms with Crippen LogP contribution < -0.4 is 5.32 Å². The van der Waals surface area contributed by atoms with Gasteiger partial charge in [-0.25, -0.2) is 8.42 Å². The Kier molecular flexibility index (Phi) is 6.18. The van der Waals surface area contributed by atoms with Crippen LogP contribution in [0.25, 0.3) is 0 Å². The predicted molar refractivity (Wildman–Crippen MR) is 91.3 cm³/mol. The Hall–Kier alpha value is -1.40. The summed E-state index contributed by atoms with van der Waals surface area (Å²) in [5.74, 6) is 0.331. The normalized spacial score (nSPS) is 18.9. The lowest BCUT2D eigenvalue weighted by Crippen LogP contribution is -2.42. The van der Waals surface area contributed by atoms with Gasteiger partial charge in [0, 0.05) is 13.1 Å². The summed E-state index contributed by atoms with van der Waals surface area (Å²) in [4.78, 5) is 14.8. The maximum absolute atomic E-state index is 12.9. The van der Waals surface area contributed by atoms with E-state index in [2.05, 4.69) is 5.32 Å². The highest BCUT2D eigenvalue weighted by Gasteiger charge is 2.28. The number of nitrogens with zero attached hydrogens (tertiary/aromatic N) is 1. The molecule has 128 valence electrons. The molecule has 0 aliphatic carbocycles. The van der Waals surface area contributed by atoms with Crippen LogP contribution in [0.4, 0.5) is 0 Å². The molecule has 2 rings (SSSR count). The van der Waals surface area contributed by atoms with Crippen molar-refractivity contribution in [3.63, 3.8) is 0 Å². The second kappa shape index (κ2) is 7.93. The highest BCUT2D eigenvalue weighted by Crippen LogP contribution is 2.23. The molecule has 1 heterocycles. The van der Waals surface area contributed by atoms with E-state index in [4.69, 9.17) is 0 Å². The molecule has 6 heteroatoms. The minimum absolute atomic E-state index is 0.0691. The van der Waals surface area contributed by atoms with Crippen LogP contribution in [0.2, 0.25) is 0 Å². The molecule has 1 atom stereocenters. The average Bonchev–Trinajstić information content (AvgIpc) is 2.55. The first-order valence-electron chi connectivity index (χ1n) is 8.25. The van der Waals surface area contributed by atoms with Crippen molar-refractivity contribution in [1.29, 1.82) is 0 Å². The zero-order valence-corrected chi connectivity index (χ0v) is 14.7. The van der Waals surface area contributed by atoms with Crippen LogP contribution in [-0.4, -0.2) is 51.7 Å². The summed E-state index contributed by atoms with van der Waals surface area (Å²) in [6, 6.07) is 6.59. The van der Waals surface area contributed by atoms with Crippen LogP contribution in [0.1, 0.15) is 36.5 Å². The maximum atomic E-state index is 12.9. The number of carbonyl (C=O) groups excluding carboxylic acids is 1. The molecule has 23 heavy (non-hydrogen) atoms. The molecular formula is C17H26N2O3S. The van der Waals surface area contributed by atoms with E-state index in [1.807, 2.05) is 14.0 Å². The number of piperidine rings is 1. The van der Waals surface area contributed by atoms with Crippen LogP contribution in [0.15, 0.2) is 29.2 Å². The number of hydrogen-bond donors (Lipinski definition) is 1. The van der Waals surface area contributed by atoms with Gasteiger partial charge < -0.3 is 10.2 Å². The van der Waals surface area contributed by atoms with Crippen LogP contribution in [0.5, 0.6) is 0 Å². The molecule has 0 bridgehead atoms. The second-order valence-electron chi connectivity index (χ2n) is 6.13. The molecule has 1 aromatic carbocycles. The van der Waals surface area contributed by atoms with Crippen LogP contribution >= 0.6 is 0 Å². The molecular weight excluding hydrogens is 312 g/mol. The molecule has 1 unspecified atom stereocenters. The van der Waals surface area contributed by atoms with Gasteiger partial charge >= 0.3 is 0 Å². The molecule has 5 nitrogen and oxygen atoms in total. The van der Waals surface area contributed by atoms with Crippen molar-refractivity contribution in [3.05, 3.63) is 29.8 Å². The first kappa shape index (κ1) is 17.9. The lowest BCUT2D eigenvalue weighted by molar-refractivity contribution is 0.0670. The highest BCUT2D eigenvalue weighted by molar-refractivity contribution is 7.91. The number of nitrogens with one attached hydrogen (secondary N) is 1. The van der Waals surface area contributed by atoms with E-state index in [1.54, 1.807) is 29.2 Å². The Balaban J connectivity index is 2.26. The Morgan fingerprint density at radius 1 is 1.35 bits per heavy atom. The van der Waals surface area contributed by atoms with E-state index < -0.39 is 9.84 Å². The van der Waals surface area contributed by atoms with E-state index >= 15 is 0 Å². The first-order chi connectivity index (χ1) is 11.0. The van der Waals surface area contributed by atoms with Gasteiger partial charge in [-0.15, -0.1) is 0 Å². The van der Waals surface area contributed by atoms with Gasteiger partial charge in [0.15, 0.2) is 9.84 Å². The summed E-state index contributed by atoms with van der Waals surface area (Å²) in [6.45, 7) is 4.08. The van der Waals surface area contributed by atoms with Crippen molar-refractivity contribution in [1.82, 2.24) is 10.2 Å². The van der Waals surface area contributed by atoms with Crippen molar-refractivity contribution in [2.75, 3.05) is 32.4 Å². The standard InChI is InChI=1S/C17H26N2O3S/c1-3-11-23(21,22)16-9-5-4-8-15(16)17(20)19-10-6-7-14(13-19)12-18-2/h4-5,8-9,14,18H,3,6-7,10-13H2,1-2H3. The minimum atomic E-state index is -3.41. The molecule has 1 aromatic rings. The second-order valence-corrected chi connectivity index (χ2v) is 8.21. The van der Waals surface area contributed by atoms with Crippen molar-refractivity contribution in [2.24, 2.45) is 5.92 Å². The Morgan fingerprint density at radius 2 is 2.09 bits per heavy atom. The fourth-order valence-electron chi connectivity index (χ4n) is 3.17. The quantitative estimate of drug-likeness (QED) is 0.861. The fraction of sp³-hybridized carbons (Fsp3) is 0.588. The van der Waals surface area contributed by atoms with Gasteiger partial charge in [-0.2, -0.15) is 0 Å². The third-order valence-electron chi connectivity index (χ3n) is 4.22. The third kappa shape index (κ3) is 4.32. The van der Waals surface area contributed by atoms with E-state index in [0.29, 0.717) is 31.0 Å². The monoisotopic (exact) mass is 338 g/mol. The topological polar surface area (TPSA) is 66.5 Å². The number of carbonyl (C=O) groups is 1. The van der Waals surface area contributed by atoms with Gasteiger partial charge in [-0.05, 0) is 50.9 Å². The summed E-state index contributed by atoms with van der Waals surface area (Å²) < 4.78 is 24.9. The van der Waals surface area contributed by atoms with Gasteiger partial charge in [0.25, 0.3) is 5.91 Å². The Labute approximate surface area is 139 Å². The number of amides is 1. The number of hydrogen-bond acceptors (Lipinski definition) is 4. The van der Waals surface area contributed by atoms with Gasteiger partial charge in [-0.1, -0.05) is 19.1 Å². The zero-order chi connectivity index (χ0) is 16.9. The van der Waals surface area contributed by atoms with Gasteiger partial charge in [-0.3, -0.25) is 4.79 Å². The molecule has 0 saturated carbocycles. The van der Waals surface area contributed by atoms with Crippen molar-refractivity contribution in [2.45, 2.75) is 31.1 Å². The molecule has 0 aromatic heterocycles. The summed E-state index contributed by atoms with van der Waals surface area (Å²) >= 11 is 0. The molecule has 0 radical (unpaired) electrons. The van der Waals surface area contributed by atoms with E-state index in [1.165, 1.54) is 0 Å². The predicted octanol–water partition coefficient (Wildman–Crippen LogP) is 1.94. The largest absolute Gasteiger partial charge is 0.338 e. The fourth-order valence-corrected chi connectivity index (χ4v) is 4.70. The summed E-state index contributed by atoms with van der Waals surface area (Å²) in [5, 5.41) is 3.16. The molecule has 1 amide bonds. The van der Waals surface area contributed by atoms with E-state index in [-0.39, 0.29) is 16.6 Å². The number of likely N-dealkylation sites (tertiary alicyclic amines) is 1. The highest BCUT2D eigenvalue weighted by atomic mass is 32.2. The average molecular weight is 338 g/mol. The van der Waals surface area contributed by atoms with Crippen molar-refractivity contribution in [3.8, 4) is 0 Å². The van der Waals surface area contributed by atoms with Gasteiger partial charge in [0.05, 0.1) is 16.2 Å². The molecule has 0 spiro atoms. The number of sulfone groups is 1. The molecule has 1 aliphatic rings. The summed E-state index contributed by atoms with van der Waals surface area (Å²) in [6.07, 6.45) is 2.60. The zero-order valence-electron chi connectivity index (χ0n) is 13.9. The Morgan fingerprint density at radius 3 is 2.78 bits per heavy atom. The summed E-state index contributed by atoms with van der Waals surface area (Å²) in [5.41, 5.74) is 0.311. The molecule has 1 saturated heterocycles. The van der Waals surface area contributed by atoms with Gasteiger partial charge in [0.2, 0.25) is 0 Å². The lowest BCUT2D eigenvalue weighted by Gasteiger charge is -2.33. The van der Waals surface area contributed by atoms with Gasteiger partial charge in [0.1, 0.15) is 0 Å². The lowest BCUT2D eigenvalue weighted by atomic mass is 9.97. The number of benzene rings is 1. The van der Waals surface area contributed by atoms with Crippen LogP contribution in [-0.2, 0) is 9.84 Å². The smallest absolute Gasteiger partial charge is 0.255 e. The molecule has 1 aliphatic heterocycles. The minimum Gasteiger partial charge on any atom is -0.338 e. The summed E-state index contributed by atoms with van der Waals surface area (Å²) in [7, 11) is -1.50. The third-order valence-corrected chi connectivity index (χ3v) is 6.20. The van der Waals surface area contributed by atoms with Crippen LogP contribution in [0, 0.1) is 5.92 Å². The van der Waals surface area contributed by atoms with E-state index in [9.17, 15) is 13.2 Å². The first-order valence-corrected chi connectivity index (χ1v) is 9.90. The van der Waals surface area contributed by atoms with Crippen molar-refractivity contribution < 1.29 is 13.2 Å². The Bertz CT molecular complexity index is 641. The number of rotatable bonds is 6. The maximum Gasteiger partial charge on any atom is 0.255 e. The molecule has 1 fully saturated rings. The van der Waals surface area contributed by atoms with E-state index in [0.717, 1.165) is 19.4 Å². The molecule has 1 N–H and O–H groups in total. The van der Waals surface area contributed by atoms with Crippen molar-refractivity contribution >= 4 is 15.7 Å².